The topological polar surface area (TPSA) is 38.8 Å². The van der Waals surface area contributed by atoms with Crippen molar-refractivity contribution in [2.75, 3.05) is 20.3 Å². The number of carbonyl (C=O) groups excluding carboxylic acids is 1. The van der Waals surface area contributed by atoms with Crippen LogP contribution in [0.3, 0.4) is 0 Å². The number of methoxy groups -OCH3 is 1. The first-order chi connectivity index (χ1) is 8.15. The third-order valence-corrected chi connectivity index (χ3v) is 4.11. The van der Waals surface area contributed by atoms with Gasteiger partial charge in [0.25, 0.3) is 5.91 Å². The van der Waals surface area contributed by atoms with E-state index in [1.807, 2.05) is 0 Å². The minimum absolute atomic E-state index is 0.00873. The van der Waals surface area contributed by atoms with E-state index in [4.69, 9.17) is 9.47 Å². The van der Waals surface area contributed by atoms with E-state index in [0.29, 0.717) is 26.0 Å². The van der Waals surface area contributed by atoms with Crippen LogP contribution in [-0.4, -0.2) is 55.0 Å². The first-order valence-corrected chi connectivity index (χ1v) is 6.30. The second-order valence-corrected chi connectivity index (χ2v) is 5.24. The highest BCUT2D eigenvalue weighted by Crippen LogP contribution is 2.44. The summed E-state index contributed by atoms with van der Waals surface area (Å²) in [4.78, 5) is 13.7. The molecule has 2 heterocycles. The molecular weight excluding hydrogens is 225 g/mol. The largest absolute Gasteiger partial charge is 0.377 e. The van der Waals surface area contributed by atoms with Crippen LogP contribution in [0.25, 0.3) is 0 Å². The molecule has 17 heavy (non-hydrogen) atoms. The number of ether oxygens (including phenoxy) is 2. The molecule has 4 nitrogen and oxygen atoms in total. The first-order valence-electron chi connectivity index (χ1n) is 6.30. The fraction of sp³-hybridized carbons (Fsp3) is 0.917. The molecule has 1 amide bonds. The maximum atomic E-state index is 13.9. The smallest absolute Gasteiger partial charge is 0.260 e. The summed E-state index contributed by atoms with van der Waals surface area (Å²) >= 11 is 0. The number of carbonyl (C=O) groups is 1. The molecule has 0 unspecified atom stereocenters. The Hall–Kier alpha value is -0.680. The molecule has 1 aliphatic carbocycles. The molecule has 3 aliphatic rings. The van der Waals surface area contributed by atoms with E-state index in [1.54, 1.807) is 12.0 Å². The van der Waals surface area contributed by atoms with E-state index < -0.39 is 5.67 Å². The van der Waals surface area contributed by atoms with Crippen molar-refractivity contribution in [1.82, 2.24) is 4.90 Å². The minimum Gasteiger partial charge on any atom is -0.377 e. The van der Waals surface area contributed by atoms with Crippen molar-refractivity contribution in [1.29, 1.82) is 0 Å². The number of hydrogen-bond donors (Lipinski definition) is 0. The van der Waals surface area contributed by atoms with Crippen molar-refractivity contribution in [2.24, 2.45) is 0 Å². The van der Waals surface area contributed by atoms with Crippen molar-refractivity contribution < 1.29 is 18.7 Å². The summed E-state index contributed by atoms with van der Waals surface area (Å²) in [5, 5.41) is 0. The van der Waals surface area contributed by atoms with E-state index >= 15 is 0 Å². The third kappa shape index (κ3) is 1.76. The Kier molecular flexibility index (Phi) is 2.63. The Morgan fingerprint density at radius 3 is 2.94 bits per heavy atom. The lowest BCUT2D eigenvalue weighted by molar-refractivity contribution is -0.141. The van der Waals surface area contributed by atoms with Crippen LogP contribution in [0.15, 0.2) is 0 Å². The lowest BCUT2D eigenvalue weighted by atomic mass is 10.0. The Labute approximate surface area is 100 Å². The Morgan fingerprint density at radius 2 is 2.29 bits per heavy atom. The normalized spacial score (nSPS) is 38.9. The number of alkyl halides is 1. The van der Waals surface area contributed by atoms with E-state index in [0.717, 1.165) is 12.8 Å². The van der Waals surface area contributed by atoms with Crippen molar-refractivity contribution in [3.8, 4) is 0 Å². The van der Waals surface area contributed by atoms with Gasteiger partial charge in [0.2, 0.25) is 0 Å². The molecule has 0 spiro atoms. The number of likely N-dealkylation sites (tertiary alicyclic amines) is 1. The third-order valence-electron chi connectivity index (χ3n) is 4.11. The Morgan fingerprint density at radius 1 is 1.53 bits per heavy atom. The maximum Gasteiger partial charge on any atom is 0.260 e. The second-order valence-electron chi connectivity index (χ2n) is 5.24. The molecular formula is C12H18FNO3. The van der Waals surface area contributed by atoms with Gasteiger partial charge in [0.15, 0.2) is 5.67 Å². The fourth-order valence-electron chi connectivity index (χ4n) is 2.93. The van der Waals surface area contributed by atoms with Crippen LogP contribution in [0.2, 0.25) is 0 Å². The van der Waals surface area contributed by atoms with E-state index in [2.05, 4.69) is 0 Å². The maximum absolute atomic E-state index is 13.9. The zero-order valence-electron chi connectivity index (χ0n) is 10.0. The molecule has 2 saturated heterocycles. The Bertz CT molecular complexity index is 332. The molecule has 2 aliphatic heterocycles. The highest BCUT2D eigenvalue weighted by molar-refractivity contribution is 5.88. The van der Waals surface area contributed by atoms with Gasteiger partial charge in [-0.1, -0.05) is 0 Å². The SMILES string of the molecule is CO[C@H]1CN(C(=O)C2(F)CC2)[C@@H]2CCCO[C@H]12. The molecule has 3 rings (SSSR count). The van der Waals surface area contributed by atoms with Gasteiger partial charge in [-0.25, -0.2) is 4.39 Å². The van der Waals surface area contributed by atoms with Crippen molar-refractivity contribution >= 4 is 5.91 Å². The van der Waals surface area contributed by atoms with Gasteiger partial charge in [0.1, 0.15) is 12.2 Å². The summed E-state index contributed by atoms with van der Waals surface area (Å²) in [6.07, 6.45) is 2.40. The summed E-state index contributed by atoms with van der Waals surface area (Å²) in [5.41, 5.74) is -1.58. The molecule has 3 fully saturated rings. The first kappa shape index (κ1) is 11.4. The molecule has 0 aromatic rings. The van der Waals surface area contributed by atoms with Crippen molar-refractivity contribution in [2.45, 2.75) is 49.6 Å². The van der Waals surface area contributed by atoms with E-state index in [1.165, 1.54) is 0 Å². The van der Waals surface area contributed by atoms with E-state index in [9.17, 15) is 9.18 Å². The molecule has 3 atom stereocenters. The van der Waals surface area contributed by atoms with Crippen LogP contribution < -0.4 is 0 Å². The Balaban J connectivity index is 1.78. The predicted octanol–water partition coefficient (Wildman–Crippen LogP) is 0.893. The second kappa shape index (κ2) is 3.92. The highest BCUT2D eigenvalue weighted by Gasteiger charge is 2.57. The molecule has 0 radical (unpaired) electrons. The van der Waals surface area contributed by atoms with Crippen LogP contribution in [0.4, 0.5) is 4.39 Å². The van der Waals surface area contributed by atoms with Gasteiger partial charge in [-0.2, -0.15) is 0 Å². The van der Waals surface area contributed by atoms with Gasteiger partial charge in [0.05, 0.1) is 6.04 Å². The van der Waals surface area contributed by atoms with Gasteiger partial charge in [-0.3, -0.25) is 4.79 Å². The number of hydrogen-bond acceptors (Lipinski definition) is 3. The molecule has 1 saturated carbocycles. The molecule has 0 bridgehead atoms. The van der Waals surface area contributed by atoms with Crippen LogP contribution in [0.5, 0.6) is 0 Å². The summed E-state index contributed by atoms with van der Waals surface area (Å²) in [6.45, 7) is 1.18. The minimum atomic E-state index is -1.58. The number of rotatable bonds is 2. The number of amides is 1. The number of halogens is 1. The van der Waals surface area contributed by atoms with Gasteiger partial charge < -0.3 is 14.4 Å². The highest BCUT2D eigenvalue weighted by atomic mass is 19.1. The van der Waals surface area contributed by atoms with Crippen molar-refractivity contribution in [3.05, 3.63) is 0 Å². The van der Waals surface area contributed by atoms with Gasteiger partial charge >= 0.3 is 0 Å². The zero-order valence-corrected chi connectivity index (χ0v) is 10.0. The molecule has 5 heteroatoms. The van der Waals surface area contributed by atoms with Crippen LogP contribution >= 0.6 is 0 Å². The monoisotopic (exact) mass is 243 g/mol. The van der Waals surface area contributed by atoms with Gasteiger partial charge in [-0.15, -0.1) is 0 Å². The lowest BCUT2D eigenvalue weighted by Gasteiger charge is -2.32. The average molecular weight is 243 g/mol. The van der Waals surface area contributed by atoms with Crippen LogP contribution in [0, 0.1) is 0 Å². The molecule has 0 N–H and O–H groups in total. The van der Waals surface area contributed by atoms with Gasteiger partial charge in [0, 0.05) is 20.3 Å². The predicted molar refractivity (Wildman–Crippen MR) is 58.3 cm³/mol. The number of nitrogens with zero attached hydrogens (tertiary/aromatic N) is 1. The zero-order chi connectivity index (χ0) is 12.0. The summed E-state index contributed by atoms with van der Waals surface area (Å²) in [7, 11) is 1.62. The van der Waals surface area contributed by atoms with Crippen molar-refractivity contribution in [3.63, 3.8) is 0 Å². The fourth-order valence-corrected chi connectivity index (χ4v) is 2.93. The van der Waals surface area contributed by atoms with Crippen LogP contribution in [-0.2, 0) is 14.3 Å². The average Bonchev–Trinajstić information content (AvgIpc) is 3.00. The van der Waals surface area contributed by atoms with E-state index in [-0.39, 0.29) is 24.2 Å². The molecule has 96 valence electrons. The lowest BCUT2D eigenvalue weighted by Crippen LogP contribution is -2.46. The standard InChI is InChI=1S/C12H18FNO3/c1-16-9-7-14(11(15)12(13)4-5-12)8-3-2-6-17-10(8)9/h8-10H,2-7H2,1H3/t8-,9+,10+/m1/s1. The summed E-state index contributed by atoms with van der Waals surface area (Å²) in [5.74, 6) is -0.349. The van der Waals surface area contributed by atoms with Crippen LogP contribution in [0.1, 0.15) is 25.7 Å². The molecule has 0 aromatic carbocycles. The summed E-state index contributed by atoms with van der Waals surface area (Å²) < 4.78 is 24.9. The quantitative estimate of drug-likeness (QED) is 0.723. The van der Waals surface area contributed by atoms with Gasteiger partial charge in [-0.05, 0) is 25.7 Å². The number of fused-ring (bicyclic) bond motifs is 1. The molecule has 0 aromatic heterocycles. The summed E-state index contributed by atoms with van der Waals surface area (Å²) in [6, 6.07) is 0.00873.